The van der Waals surface area contributed by atoms with E-state index < -0.39 is 11.2 Å². The van der Waals surface area contributed by atoms with Gasteiger partial charge in [0.15, 0.2) is 11.6 Å². The fraction of sp³-hybridized carbons (Fsp3) is 0.519. The first kappa shape index (κ1) is 23.1. The van der Waals surface area contributed by atoms with Crippen LogP contribution in [0.25, 0.3) is 11.4 Å². The predicted molar refractivity (Wildman–Crippen MR) is 131 cm³/mol. The summed E-state index contributed by atoms with van der Waals surface area (Å²) in [6.07, 6.45) is 5.56. The van der Waals surface area contributed by atoms with E-state index in [9.17, 15) is 10.2 Å². The van der Waals surface area contributed by atoms with Gasteiger partial charge in [0.05, 0.1) is 6.04 Å². The van der Waals surface area contributed by atoms with E-state index in [-0.39, 0.29) is 11.5 Å². The summed E-state index contributed by atoms with van der Waals surface area (Å²) in [5.41, 5.74) is 0.843. The molecule has 1 atom stereocenters. The summed E-state index contributed by atoms with van der Waals surface area (Å²) in [6, 6.07) is 10.5. The quantitative estimate of drug-likeness (QED) is 0.494. The van der Waals surface area contributed by atoms with Crippen LogP contribution in [0, 0.1) is 5.41 Å². The van der Waals surface area contributed by atoms with Gasteiger partial charge in [-0.05, 0) is 49.8 Å². The van der Waals surface area contributed by atoms with Gasteiger partial charge in [-0.25, -0.2) is 9.67 Å². The normalized spacial score (nSPS) is 19.6. The molecule has 2 fully saturated rings. The van der Waals surface area contributed by atoms with Crippen molar-refractivity contribution < 1.29 is 10.2 Å². The monoisotopic (exact) mass is 461 g/mol. The van der Waals surface area contributed by atoms with Gasteiger partial charge in [-0.2, -0.15) is 5.10 Å². The molecule has 7 heteroatoms. The molecule has 5 rings (SSSR count). The number of pyridine rings is 1. The molecule has 180 valence electrons. The van der Waals surface area contributed by atoms with Crippen LogP contribution < -0.4 is 5.32 Å². The van der Waals surface area contributed by atoms with Gasteiger partial charge in [0.1, 0.15) is 11.2 Å². The lowest BCUT2D eigenvalue weighted by molar-refractivity contribution is -0.0769. The van der Waals surface area contributed by atoms with Gasteiger partial charge >= 0.3 is 0 Å². The Morgan fingerprint density at radius 3 is 2.26 bits per heavy atom. The van der Waals surface area contributed by atoms with Crippen LogP contribution in [0.3, 0.4) is 0 Å². The van der Waals surface area contributed by atoms with Crippen LogP contribution in [0.5, 0.6) is 0 Å². The molecule has 0 unspecified atom stereocenters. The molecule has 7 nitrogen and oxygen atoms in total. The number of rotatable bonds is 7. The maximum absolute atomic E-state index is 12.4. The van der Waals surface area contributed by atoms with Gasteiger partial charge in [0, 0.05) is 42.0 Å². The Bertz CT molecular complexity index is 1190. The first-order valence-corrected chi connectivity index (χ1v) is 12.2. The van der Waals surface area contributed by atoms with Crippen molar-refractivity contribution in [1.29, 1.82) is 0 Å². The Hall–Kier alpha value is -2.61. The summed E-state index contributed by atoms with van der Waals surface area (Å²) in [7, 11) is 0. The lowest BCUT2D eigenvalue weighted by atomic mass is 9.63. The summed E-state index contributed by atoms with van der Waals surface area (Å²) in [4.78, 5) is 9.20. The molecule has 3 heterocycles. The Morgan fingerprint density at radius 2 is 1.74 bits per heavy atom. The van der Waals surface area contributed by atoms with E-state index in [0.717, 1.165) is 29.5 Å². The molecule has 3 aromatic rings. The summed E-state index contributed by atoms with van der Waals surface area (Å²) >= 11 is 0. The maximum Gasteiger partial charge on any atom is 0.183 e. The molecule has 1 aliphatic heterocycles. The first-order valence-electron chi connectivity index (χ1n) is 12.2. The SMILES string of the molecule is CC(C)c1ccc([C@](O)(c2cncc(-c3nc(C(C)(C)O)n(C4CC4)n3)c2)C2(C)CNC2)cc1. The standard InChI is InChI=1S/C27H35N5O2/c1-17(2)18-6-8-20(9-7-18)27(34,26(5)15-29-16-26)21-12-19(13-28-14-21)23-30-24(25(3,4)33)32(31-23)22-10-11-22/h6-9,12-14,17,22,29,33-34H,10-11,15-16H2,1-5H3/t27-/m0/s1. The van der Waals surface area contributed by atoms with Gasteiger partial charge in [0.2, 0.25) is 0 Å². The Kier molecular flexibility index (Phi) is 5.43. The van der Waals surface area contributed by atoms with Crippen LogP contribution in [-0.2, 0) is 11.2 Å². The maximum atomic E-state index is 12.4. The summed E-state index contributed by atoms with van der Waals surface area (Å²) in [6.45, 7) is 11.3. The highest BCUT2D eigenvalue weighted by Gasteiger charge is 2.53. The van der Waals surface area contributed by atoms with Crippen LogP contribution >= 0.6 is 0 Å². The van der Waals surface area contributed by atoms with E-state index in [0.29, 0.717) is 30.7 Å². The lowest BCUT2D eigenvalue weighted by Gasteiger charge is -2.52. The van der Waals surface area contributed by atoms with Crippen molar-refractivity contribution in [2.24, 2.45) is 5.41 Å². The van der Waals surface area contributed by atoms with Crippen LogP contribution in [0.4, 0.5) is 0 Å². The van der Waals surface area contributed by atoms with Crippen molar-refractivity contribution in [3.63, 3.8) is 0 Å². The minimum absolute atomic E-state index is 0.287. The molecule has 0 amide bonds. The van der Waals surface area contributed by atoms with Gasteiger partial charge < -0.3 is 15.5 Å². The number of nitrogens with one attached hydrogen (secondary N) is 1. The van der Waals surface area contributed by atoms with Gasteiger partial charge in [-0.15, -0.1) is 0 Å². The molecule has 3 N–H and O–H groups in total. The second kappa shape index (κ2) is 7.97. The molecule has 1 aliphatic carbocycles. The topological polar surface area (TPSA) is 96.1 Å². The number of aliphatic hydroxyl groups is 2. The number of hydrogen-bond donors (Lipinski definition) is 3. The molecule has 1 saturated heterocycles. The van der Waals surface area contributed by atoms with E-state index in [2.05, 4.69) is 43.2 Å². The number of benzene rings is 1. The van der Waals surface area contributed by atoms with Crippen LogP contribution in [0.15, 0.2) is 42.7 Å². The number of aromatic nitrogens is 4. The Labute approximate surface area is 201 Å². The molecular weight excluding hydrogens is 426 g/mol. The molecule has 1 aromatic carbocycles. The van der Waals surface area contributed by atoms with Gasteiger partial charge in [-0.1, -0.05) is 45.0 Å². The molecule has 0 radical (unpaired) electrons. The van der Waals surface area contributed by atoms with Gasteiger partial charge in [-0.3, -0.25) is 4.98 Å². The first-order chi connectivity index (χ1) is 16.0. The van der Waals surface area contributed by atoms with Gasteiger partial charge in [0.25, 0.3) is 0 Å². The molecule has 2 aliphatic rings. The van der Waals surface area contributed by atoms with E-state index >= 15 is 0 Å². The average Bonchev–Trinajstić information content (AvgIpc) is 3.53. The highest BCUT2D eigenvalue weighted by molar-refractivity contribution is 5.56. The zero-order valence-electron chi connectivity index (χ0n) is 20.7. The van der Waals surface area contributed by atoms with Crippen LogP contribution in [0.2, 0.25) is 0 Å². The predicted octanol–water partition coefficient (Wildman–Crippen LogP) is 3.87. The molecule has 1 saturated carbocycles. The van der Waals surface area contributed by atoms with Crippen molar-refractivity contribution in [3.05, 3.63) is 65.2 Å². The Morgan fingerprint density at radius 1 is 1.06 bits per heavy atom. The summed E-state index contributed by atoms with van der Waals surface area (Å²) in [5, 5.41) is 31.1. The average molecular weight is 462 g/mol. The second-order valence-electron chi connectivity index (χ2n) is 11.1. The third-order valence-electron chi connectivity index (χ3n) is 7.38. The van der Waals surface area contributed by atoms with E-state index in [1.54, 1.807) is 26.2 Å². The van der Waals surface area contributed by atoms with Crippen molar-refractivity contribution in [2.75, 3.05) is 13.1 Å². The van der Waals surface area contributed by atoms with Crippen LogP contribution in [0.1, 0.15) is 81.9 Å². The lowest BCUT2D eigenvalue weighted by Crippen LogP contribution is -2.63. The zero-order valence-corrected chi connectivity index (χ0v) is 20.7. The van der Waals surface area contributed by atoms with E-state index in [1.165, 1.54) is 5.56 Å². The molecule has 0 bridgehead atoms. The van der Waals surface area contributed by atoms with Crippen molar-refractivity contribution in [2.45, 2.75) is 70.6 Å². The third-order valence-corrected chi connectivity index (χ3v) is 7.38. The Balaban J connectivity index is 1.60. The van der Waals surface area contributed by atoms with Crippen molar-refractivity contribution in [3.8, 4) is 11.4 Å². The van der Waals surface area contributed by atoms with Crippen molar-refractivity contribution in [1.82, 2.24) is 25.1 Å². The minimum Gasteiger partial charge on any atom is -0.382 e. The second-order valence-corrected chi connectivity index (χ2v) is 11.1. The van der Waals surface area contributed by atoms with E-state index in [4.69, 9.17) is 10.1 Å². The van der Waals surface area contributed by atoms with Crippen molar-refractivity contribution >= 4 is 0 Å². The number of nitrogens with zero attached hydrogens (tertiary/aromatic N) is 4. The van der Waals surface area contributed by atoms with E-state index in [1.807, 2.05) is 22.9 Å². The minimum atomic E-state index is -1.23. The highest BCUT2D eigenvalue weighted by atomic mass is 16.3. The smallest absolute Gasteiger partial charge is 0.183 e. The summed E-state index contributed by atoms with van der Waals surface area (Å²) in [5.74, 6) is 1.50. The largest absolute Gasteiger partial charge is 0.382 e. The van der Waals surface area contributed by atoms with Crippen LogP contribution in [-0.4, -0.2) is 43.1 Å². The highest BCUT2D eigenvalue weighted by Crippen LogP contribution is 2.48. The molecule has 34 heavy (non-hydrogen) atoms. The number of hydrogen-bond acceptors (Lipinski definition) is 6. The fourth-order valence-electron chi connectivity index (χ4n) is 4.93. The fourth-order valence-corrected chi connectivity index (χ4v) is 4.93. The molecular formula is C27H35N5O2. The zero-order chi connectivity index (χ0) is 24.3. The third kappa shape index (κ3) is 3.76. The molecule has 2 aromatic heterocycles. The molecule has 0 spiro atoms. The summed E-state index contributed by atoms with van der Waals surface area (Å²) < 4.78 is 1.86.